The molecule has 0 bridgehead atoms. The minimum atomic E-state index is -1.52. The fraction of sp³-hybridized carbons (Fsp3) is 0.562. The monoisotopic (exact) mass is 1010 g/mol. The number of hydrogen-bond donors (Lipinski definition) is 9. The molecule has 0 aliphatic rings. The third-order valence-corrected chi connectivity index (χ3v) is 11.2. The number of benzene rings is 1. The zero-order valence-corrected chi connectivity index (χ0v) is 43.0. The molecule has 1 aromatic heterocycles. The van der Waals surface area contributed by atoms with Gasteiger partial charge in [-0.25, -0.2) is 4.79 Å². The normalized spacial score (nSPS) is 13.5. The highest BCUT2D eigenvalue weighted by molar-refractivity contribution is 5.98. The van der Waals surface area contributed by atoms with Crippen LogP contribution < -0.4 is 31.9 Å². The van der Waals surface area contributed by atoms with Gasteiger partial charge in [-0.2, -0.15) is 0 Å². The lowest BCUT2D eigenvalue weighted by Crippen LogP contribution is -2.62. The Kier molecular flexibility index (Phi) is 21.9. The maximum absolute atomic E-state index is 14.7. The highest BCUT2D eigenvalue weighted by Gasteiger charge is 2.46. The summed E-state index contributed by atoms with van der Waals surface area (Å²) in [6.45, 7) is 13.0. The summed E-state index contributed by atoms with van der Waals surface area (Å²) in [5.41, 5.74) is -1.05. The molecular formula is C48H71N9O15. The van der Waals surface area contributed by atoms with Crippen molar-refractivity contribution in [3.8, 4) is 0 Å². The van der Waals surface area contributed by atoms with Gasteiger partial charge in [0.2, 0.25) is 41.4 Å². The number of ether oxygens (including phenoxy) is 1. The summed E-state index contributed by atoms with van der Waals surface area (Å²) in [7, 11) is 4.82. The van der Waals surface area contributed by atoms with Crippen LogP contribution in [0.2, 0.25) is 0 Å². The molecule has 0 radical (unpaired) electrons. The first kappa shape index (κ1) is 60.6. The summed E-state index contributed by atoms with van der Waals surface area (Å²) in [4.78, 5) is 142. The number of nitrogens with one attached hydrogen (secondary N) is 6. The van der Waals surface area contributed by atoms with Crippen LogP contribution in [0.25, 0.3) is 10.9 Å². The third kappa shape index (κ3) is 18.7. The number of hydrogen-bond acceptors (Lipinski definition) is 12. The number of amides is 8. The number of para-hydroxylation sites is 1. The second-order valence-electron chi connectivity index (χ2n) is 19.9. The Hall–Kier alpha value is -7.53. The SMILES string of the molecule is C/C(=C\CN(C)C(=O)C(NC(=O)[C@@H](N(C)C(=O)OC(C)(C)C)C(C)(C)c1cn(C)c2ccccc12)C(C)(C)C)C(=O)NCC(=O)N[C@H](CCC(=O)O)C(=O)NCC(=O)N[C@H](CCC(=O)O)C(=O)NCC(=O)O. The first-order chi connectivity index (χ1) is 33.2. The number of aryl methyl sites for hydroxylation is 1. The van der Waals surface area contributed by atoms with Gasteiger partial charge in [0, 0.05) is 68.6 Å². The number of carboxylic acid groups (broad SMARTS) is 3. The van der Waals surface area contributed by atoms with Crippen LogP contribution in [0.15, 0.2) is 42.1 Å². The molecule has 4 atom stereocenters. The van der Waals surface area contributed by atoms with Crippen molar-refractivity contribution in [1.29, 1.82) is 0 Å². The van der Waals surface area contributed by atoms with Crippen LogP contribution >= 0.6 is 0 Å². The van der Waals surface area contributed by atoms with Crippen LogP contribution in [0.4, 0.5) is 4.79 Å². The summed E-state index contributed by atoms with van der Waals surface area (Å²) in [5.74, 6) is -9.87. The number of fused-ring (bicyclic) bond motifs is 1. The summed E-state index contributed by atoms with van der Waals surface area (Å²) < 4.78 is 7.63. The Morgan fingerprint density at radius 3 is 1.68 bits per heavy atom. The van der Waals surface area contributed by atoms with E-state index in [2.05, 4.69) is 26.6 Å². The molecule has 1 heterocycles. The second kappa shape index (κ2) is 26.1. The molecule has 24 heteroatoms. The minimum absolute atomic E-state index is 0.0687. The van der Waals surface area contributed by atoms with E-state index in [1.165, 1.54) is 36.9 Å². The smallest absolute Gasteiger partial charge is 0.410 e. The standard InChI is InChI=1S/C48H71N9O15/c1-27(40(66)49-23-33(58)52-30(17-19-35(60)61)41(67)50-24-34(59)53-31(18-20-36(62)63)42(68)51-25-37(64)65)21-22-55(10)44(70)38(46(2,3)4)54-43(69)39(57(12)45(71)72-47(5,6)7)48(8,9)29-26-56(11)32-16-14-13-15-28(29)32/h13-16,21,26,30-31,38-39H,17-20,22-25H2,1-12H3,(H,49,66)(H,50,67)(H,51,68)(H,52,58)(H,53,59)(H,54,69)(H,60,61)(H,62,63)(H,64,65)/b27-21+/t30-,31-,38?,39-/m1/s1. The highest BCUT2D eigenvalue weighted by Crippen LogP contribution is 2.37. The summed E-state index contributed by atoms with van der Waals surface area (Å²) in [6, 6.07) is 2.31. The van der Waals surface area contributed by atoms with Crippen LogP contribution in [0, 0.1) is 5.41 Å². The average molecular weight is 1010 g/mol. The second-order valence-corrected chi connectivity index (χ2v) is 19.9. The van der Waals surface area contributed by atoms with Gasteiger partial charge in [-0.15, -0.1) is 0 Å². The number of carbonyl (C=O) groups excluding carboxylic acids is 8. The maximum Gasteiger partial charge on any atom is 0.410 e. The topological polar surface area (TPSA) is 341 Å². The van der Waals surface area contributed by atoms with Gasteiger partial charge in [0.05, 0.1) is 13.1 Å². The lowest BCUT2D eigenvalue weighted by atomic mass is 9.76. The number of likely N-dealkylation sites (N-methyl/N-ethyl adjacent to an activating group) is 2. The van der Waals surface area contributed by atoms with Crippen LogP contribution in [-0.2, 0) is 65.1 Å². The van der Waals surface area contributed by atoms with E-state index in [-0.39, 0.29) is 12.1 Å². The van der Waals surface area contributed by atoms with E-state index >= 15 is 0 Å². The lowest BCUT2D eigenvalue weighted by Gasteiger charge is -2.41. The quantitative estimate of drug-likeness (QED) is 0.0620. The maximum atomic E-state index is 14.7. The largest absolute Gasteiger partial charge is 0.481 e. The number of carbonyl (C=O) groups is 11. The van der Waals surface area contributed by atoms with Crippen molar-refractivity contribution in [2.75, 3.05) is 40.3 Å². The molecule has 398 valence electrons. The number of aromatic nitrogens is 1. The van der Waals surface area contributed by atoms with Gasteiger partial charge >= 0.3 is 24.0 Å². The molecule has 8 amide bonds. The van der Waals surface area contributed by atoms with Crippen molar-refractivity contribution in [2.24, 2.45) is 12.5 Å². The molecule has 0 fully saturated rings. The van der Waals surface area contributed by atoms with Crippen molar-refractivity contribution >= 4 is 76.3 Å². The predicted molar refractivity (Wildman–Crippen MR) is 261 cm³/mol. The Morgan fingerprint density at radius 1 is 0.694 bits per heavy atom. The van der Waals surface area contributed by atoms with Crippen LogP contribution in [0.1, 0.15) is 93.6 Å². The van der Waals surface area contributed by atoms with Crippen LogP contribution in [-0.4, -0.2) is 165 Å². The van der Waals surface area contributed by atoms with Gasteiger partial charge in [-0.3, -0.25) is 52.8 Å². The Bertz CT molecular complexity index is 2400. The zero-order chi connectivity index (χ0) is 55.1. The van der Waals surface area contributed by atoms with E-state index in [4.69, 9.17) is 14.9 Å². The first-order valence-electron chi connectivity index (χ1n) is 23.0. The van der Waals surface area contributed by atoms with Crippen molar-refractivity contribution in [2.45, 2.75) is 123 Å². The molecule has 2 rings (SSSR count). The Morgan fingerprint density at radius 2 is 1.19 bits per heavy atom. The Balaban J connectivity index is 2.20. The van der Waals surface area contributed by atoms with Crippen LogP contribution in [0.5, 0.6) is 0 Å². The average Bonchev–Trinajstić information content (AvgIpc) is 3.62. The van der Waals surface area contributed by atoms with E-state index < -0.39 is 151 Å². The fourth-order valence-corrected chi connectivity index (χ4v) is 7.42. The van der Waals surface area contributed by atoms with Gasteiger partial charge in [-0.1, -0.05) is 58.9 Å². The van der Waals surface area contributed by atoms with Crippen molar-refractivity contribution < 1.29 is 72.8 Å². The molecule has 1 aromatic carbocycles. The molecule has 1 unspecified atom stereocenters. The van der Waals surface area contributed by atoms with Crippen molar-refractivity contribution in [3.63, 3.8) is 0 Å². The number of carboxylic acids is 3. The summed E-state index contributed by atoms with van der Waals surface area (Å²) in [6.07, 6.45) is 0.524. The molecule has 2 aromatic rings. The molecule has 24 nitrogen and oxygen atoms in total. The molecule has 0 aliphatic carbocycles. The molecule has 0 saturated carbocycles. The molecular weight excluding hydrogens is 943 g/mol. The lowest BCUT2D eigenvalue weighted by molar-refractivity contribution is -0.140. The molecule has 72 heavy (non-hydrogen) atoms. The molecule has 9 N–H and O–H groups in total. The predicted octanol–water partition coefficient (Wildman–Crippen LogP) is 0.759. The van der Waals surface area contributed by atoms with Crippen LogP contribution in [0.3, 0.4) is 0 Å². The zero-order valence-electron chi connectivity index (χ0n) is 43.0. The van der Waals surface area contributed by atoms with E-state index in [0.29, 0.717) is 0 Å². The number of nitrogens with zero attached hydrogens (tertiary/aromatic N) is 3. The summed E-state index contributed by atoms with van der Waals surface area (Å²) in [5, 5.41) is 41.9. The number of rotatable bonds is 25. The van der Waals surface area contributed by atoms with E-state index in [1.54, 1.807) is 41.5 Å². The Labute approximate surface area is 418 Å². The molecule has 0 spiro atoms. The minimum Gasteiger partial charge on any atom is -0.481 e. The van der Waals surface area contributed by atoms with Gasteiger partial charge < -0.3 is 61.4 Å². The van der Waals surface area contributed by atoms with Gasteiger partial charge in [0.25, 0.3) is 0 Å². The van der Waals surface area contributed by atoms with Crippen molar-refractivity contribution in [3.05, 3.63) is 47.7 Å². The first-order valence-corrected chi connectivity index (χ1v) is 23.0. The highest BCUT2D eigenvalue weighted by atomic mass is 16.6. The van der Waals surface area contributed by atoms with Gasteiger partial charge in [0.1, 0.15) is 36.3 Å². The van der Waals surface area contributed by atoms with Crippen molar-refractivity contribution in [1.82, 2.24) is 46.3 Å². The van der Waals surface area contributed by atoms with Gasteiger partial charge in [0.15, 0.2) is 0 Å². The van der Waals surface area contributed by atoms with E-state index in [1.807, 2.05) is 61.2 Å². The molecule has 0 aliphatic heterocycles. The third-order valence-electron chi connectivity index (χ3n) is 11.2. The van der Waals surface area contributed by atoms with E-state index in [0.717, 1.165) is 16.5 Å². The van der Waals surface area contributed by atoms with E-state index in [9.17, 15) is 57.8 Å². The summed E-state index contributed by atoms with van der Waals surface area (Å²) >= 11 is 0. The van der Waals surface area contributed by atoms with Gasteiger partial charge in [-0.05, 0) is 57.6 Å². The number of aliphatic carboxylic acids is 3. The molecule has 0 saturated heterocycles. The fourth-order valence-electron chi connectivity index (χ4n) is 7.42.